The molecule has 0 unspecified atom stereocenters. The number of nitrogens with zero attached hydrogens (tertiary/aromatic N) is 2. The number of carbonyl (C=O) groups is 2. The van der Waals surface area contributed by atoms with Gasteiger partial charge < -0.3 is 15.5 Å². The van der Waals surface area contributed by atoms with Crippen LogP contribution in [-0.2, 0) is 4.79 Å². The Labute approximate surface area is 186 Å². The van der Waals surface area contributed by atoms with E-state index in [2.05, 4.69) is 31.5 Å². The van der Waals surface area contributed by atoms with E-state index in [-0.39, 0.29) is 18.0 Å². The third-order valence-electron chi connectivity index (χ3n) is 5.62. The molecule has 1 atom stereocenters. The van der Waals surface area contributed by atoms with Crippen LogP contribution in [0.1, 0.15) is 29.7 Å². The predicted molar refractivity (Wildman–Crippen MR) is 124 cm³/mol. The molecule has 0 aromatic heterocycles. The van der Waals surface area contributed by atoms with E-state index in [1.807, 2.05) is 68.1 Å². The zero-order valence-electron chi connectivity index (χ0n) is 17.7. The van der Waals surface area contributed by atoms with Crippen LogP contribution >= 0.6 is 15.9 Å². The molecule has 30 heavy (non-hydrogen) atoms. The lowest BCUT2D eigenvalue weighted by Crippen LogP contribution is -2.53. The first-order valence-corrected chi connectivity index (χ1v) is 11.0. The second kappa shape index (κ2) is 10.1. The van der Waals surface area contributed by atoms with E-state index in [4.69, 9.17) is 0 Å². The van der Waals surface area contributed by atoms with Gasteiger partial charge in [-0.1, -0.05) is 46.3 Å². The fourth-order valence-electron chi connectivity index (χ4n) is 3.57. The van der Waals surface area contributed by atoms with Gasteiger partial charge in [0.2, 0.25) is 5.91 Å². The minimum Gasteiger partial charge on any atom is -0.331 e. The summed E-state index contributed by atoms with van der Waals surface area (Å²) in [6, 6.07) is 13.6. The first kappa shape index (κ1) is 22.3. The van der Waals surface area contributed by atoms with Crippen LogP contribution in [0.25, 0.3) is 0 Å². The van der Waals surface area contributed by atoms with Crippen LogP contribution in [0.2, 0.25) is 0 Å². The van der Waals surface area contributed by atoms with E-state index in [1.54, 1.807) is 0 Å². The molecular formula is C23H29BrN4O2. The first-order valence-electron chi connectivity index (χ1n) is 10.2. The Bertz CT molecular complexity index is 910. The Balaban J connectivity index is 1.46. The number of anilines is 1. The van der Waals surface area contributed by atoms with Crippen molar-refractivity contribution in [3.05, 3.63) is 63.6 Å². The van der Waals surface area contributed by atoms with Crippen LogP contribution in [-0.4, -0.2) is 54.5 Å². The first-order chi connectivity index (χ1) is 14.3. The largest absolute Gasteiger partial charge is 0.331 e. The molecule has 0 bridgehead atoms. The van der Waals surface area contributed by atoms with Crippen molar-refractivity contribution in [2.24, 2.45) is 0 Å². The van der Waals surface area contributed by atoms with Crippen LogP contribution in [0.4, 0.5) is 10.5 Å². The lowest BCUT2D eigenvalue weighted by Gasteiger charge is -2.35. The van der Waals surface area contributed by atoms with Crippen LogP contribution in [0.3, 0.4) is 0 Å². The van der Waals surface area contributed by atoms with E-state index in [0.29, 0.717) is 32.7 Å². The van der Waals surface area contributed by atoms with Gasteiger partial charge >= 0.3 is 6.03 Å². The molecule has 1 aliphatic rings. The number of nitrogens with one attached hydrogen (secondary N) is 2. The zero-order valence-corrected chi connectivity index (χ0v) is 19.3. The van der Waals surface area contributed by atoms with Crippen molar-refractivity contribution in [1.82, 2.24) is 15.1 Å². The SMILES string of the molecule is Cc1cccc(NC(=O)CN2CCN(C(=O)N[C@@H](C)c3ccccc3Br)CC2)c1C. The fourth-order valence-corrected chi connectivity index (χ4v) is 4.20. The summed E-state index contributed by atoms with van der Waals surface area (Å²) in [5.74, 6) is -0.0239. The Morgan fingerprint density at radius 3 is 2.43 bits per heavy atom. The third kappa shape index (κ3) is 5.61. The van der Waals surface area contributed by atoms with Crippen molar-refractivity contribution >= 4 is 33.6 Å². The number of hydrogen-bond acceptors (Lipinski definition) is 3. The number of benzene rings is 2. The summed E-state index contributed by atoms with van der Waals surface area (Å²) in [6.45, 7) is 8.91. The van der Waals surface area contributed by atoms with Gasteiger partial charge in [0.25, 0.3) is 0 Å². The lowest BCUT2D eigenvalue weighted by atomic mass is 10.1. The van der Waals surface area contributed by atoms with Gasteiger partial charge in [-0.2, -0.15) is 0 Å². The molecule has 2 aromatic rings. The smallest absolute Gasteiger partial charge is 0.317 e. The second-order valence-corrected chi connectivity index (χ2v) is 8.61. The molecular weight excluding hydrogens is 444 g/mol. The molecule has 0 spiro atoms. The second-order valence-electron chi connectivity index (χ2n) is 7.75. The van der Waals surface area contributed by atoms with E-state index in [9.17, 15) is 9.59 Å². The maximum Gasteiger partial charge on any atom is 0.317 e. The number of piperazine rings is 1. The minimum atomic E-state index is -0.0885. The predicted octanol–water partition coefficient (Wildman–Crippen LogP) is 4.09. The number of urea groups is 1. The average molecular weight is 473 g/mol. The molecule has 0 saturated carbocycles. The Hall–Kier alpha value is -2.38. The highest BCUT2D eigenvalue weighted by molar-refractivity contribution is 9.10. The summed E-state index contributed by atoms with van der Waals surface area (Å²) in [5.41, 5.74) is 4.15. The van der Waals surface area contributed by atoms with Gasteiger partial charge in [0.15, 0.2) is 0 Å². The highest BCUT2D eigenvalue weighted by Crippen LogP contribution is 2.23. The molecule has 160 valence electrons. The lowest BCUT2D eigenvalue weighted by molar-refractivity contribution is -0.117. The van der Waals surface area contributed by atoms with Crippen molar-refractivity contribution in [3.63, 3.8) is 0 Å². The molecule has 3 rings (SSSR count). The van der Waals surface area contributed by atoms with Gasteiger partial charge in [-0.05, 0) is 49.6 Å². The molecule has 2 aromatic carbocycles. The number of carbonyl (C=O) groups excluding carboxylic acids is 2. The summed E-state index contributed by atoms with van der Waals surface area (Å²) in [4.78, 5) is 29.0. The number of hydrogen-bond donors (Lipinski definition) is 2. The fraction of sp³-hybridized carbons (Fsp3) is 0.391. The minimum absolute atomic E-state index is 0.0239. The summed E-state index contributed by atoms with van der Waals surface area (Å²) >= 11 is 3.54. The monoisotopic (exact) mass is 472 g/mol. The molecule has 1 fully saturated rings. The van der Waals surface area contributed by atoms with Crippen molar-refractivity contribution in [2.75, 3.05) is 38.0 Å². The van der Waals surface area contributed by atoms with Gasteiger partial charge in [0.05, 0.1) is 12.6 Å². The molecule has 7 heteroatoms. The zero-order chi connectivity index (χ0) is 21.7. The number of amides is 3. The maximum atomic E-state index is 12.6. The van der Waals surface area contributed by atoms with E-state index < -0.39 is 0 Å². The van der Waals surface area contributed by atoms with E-state index >= 15 is 0 Å². The third-order valence-corrected chi connectivity index (χ3v) is 6.34. The molecule has 2 N–H and O–H groups in total. The van der Waals surface area contributed by atoms with Crippen molar-refractivity contribution in [3.8, 4) is 0 Å². The topological polar surface area (TPSA) is 64.7 Å². The van der Waals surface area contributed by atoms with Gasteiger partial charge in [0.1, 0.15) is 0 Å². The Morgan fingerprint density at radius 1 is 1.03 bits per heavy atom. The summed E-state index contributed by atoms with van der Waals surface area (Å²) in [7, 11) is 0. The normalized spacial score (nSPS) is 15.5. The highest BCUT2D eigenvalue weighted by atomic mass is 79.9. The van der Waals surface area contributed by atoms with Gasteiger partial charge in [-0.15, -0.1) is 0 Å². The molecule has 1 saturated heterocycles. The molecule has 3 amide bonds. The Kier molecular flexibility index (Phi) is 7.50. The maximum absolute atomic E-state index is 12.6. The van der Waals surface area contributed by atoms with E-state index in [0.717, 1.165) is 26.9 Å². The van der Waals surface area contributed by atoms with Crippen molar-refractivity contribution < 1.29 is 9.59 Å². The standard InChI is InChI=1S/C23H29BrN4O2/c1-16-7-6-10-21(17(16)2)26-22(29)15-27-11-13-28(14-12-27)23(30)25-18(3)19-8-4-5-9-20(19)24/h4-10,18H,11-15H2,1-3H3,(H,25,30)(H,26,29)/t18-/m0/s1. The number of halogens is 1. The van der Waals surface area contributed by atoms with Crippen LogP contribution in [0, 0.1) is 13.8 Å². The van der Waals surface area contributed by atoms with Gasteiger partial charge in [-0.25, -0.2) is 4.79 Å². The van der Waals surface area contributed by atoms with Crippen LogP contribution in [0.15, 0.2) is 46.9 Å². The van der Waals surface area contributed by atoms with Crippen LogP contribution in [0.5, 0.6) is 0 Å². The van der Waals surface area contributed by atoms with Gasteiger partial charge in [-0.3, -0.25) is 9.69 Å². The highest BCUT2D eigenvalue weighted by Gasteiger charge is 2.24. The molecule has 0 aliphatic carbocycles. The van der Waals surface area contributed by atoms with Crippen LogP contribution < -0.4 is 10.6 Å². The summed E-state index contributed by atoms with van der Waals surface area (Å²) in [6.07, 6.45) is 0. The van der Waals surface area contributed by atoms with Crippen molar-refractivity contribution in [2.45, 2.75) is 26.8 Å². The molecule has 6 nitrogen and oxygen atoms in total. The van der Waals surface area contributed by atoms with E-state index in [1.165, 1.54) is 0 Å². The molecule has 1 heterocycles. The van der Waals surface area contributed by atoms with Crippen molar-refractivity contribution in [1.29, 1.82) is 0 Å². The summed E-state index contributed by atoms with van der Waals surface area (Å²) in [5, 5.41) is 6.07. The molecule has 1 aliphatic heterocycles. The Morgan fingerprint density at radius 2 is 1.73 bits per heavy atom. The average Bonchev–Trinajstić information content (AvgIpc) is 2.72. The molecule has 0 radical (unpaired) electrons. The summed E-state index contributed by atoms with van der Waals surface area (Å²) < 4.78 is 0.984. The quantitative estimate of drug-likeness (QED) is 0.688. The van der Waals surface area contributed by atoms with Gasteiger partial charge in [0, 0.05) is 36.3 Å². The number of aryl methyl sites for hydroxylation is 1. The number of rotatable bonds is 5.